The molecule has 3 amide bonds. The van der Waals surface area contributed by atoms with E-state index in [1.165, 1.54) is 55.5 Å². The highest BCUT2D eigenvalue weighted by molar-refractivity contribution is 8.13. The first-order valence-electron chi connectivity index (χ1n) is 33.9. The van der Waals surface area contributed by atoms with E-state index < -0.39 is 53.5 Å². The van der Waals surface area contributed by atoms with Crippen LogP contribution in [0.25, 0.3) is 12.2 Å². The molecule has 0 unspecified atom stereocenters. The van der Waals surface area contributed by atoms with Crippen molar-refractivity contribution in [3.05, 3.63) is 141 Å². The number of fused-ring (bicyclic) bond motifs is 2. The van der Waals surface area contributed by atoms with Gasteiger partial charge in [-0.2, -0.15) is 31.8 Å². The van der Waals surface area contributed by atoms with Crippen LogP contribution in [-0.2, 0) is 54.6 Å². The summed E-state index contributed by atoms with van der Waals surface area (Å²) < 4.78 is 90.6. The van der Waals surface area contributed by atoms with E-state index in [4.69, 9.17) is 59.4 Å². The number of morpholine rings is 2. The van der Waals surface area contributed by atoms with E-state index in [-0.39, 0.29) is 75.2 Å². The Morgan fingerprint density at radius 3 is 1.82 bits per heavy atom. The van der Waals surface area contributed by atoms with Crippen LogP contribution in [0.3, 0.4) is 0 Å². The number of anilines is 7. The van der Waals surface area contributed by atoms with Crippen LogP contribution in [0.15, 0.2) is 166 Å². The maximum Gasteiger partial charge on any atom is 0.358 e. The Morgan fingerprint density at radius 1 is 0.698 bits per heavy atom. The third-order valence-corrected chi connectivity index (χ3v) is 22.1. The monoisotopic (exact) mass is 1540 g/mol. The maximum absolute atomic E-state index is 14.7. The number of methoxy groups -OCH3 is 2. The summed E-state index contributed by atoms with van der Waals surface area (Å²) in [5.74, 6) is 0.145. The van der Waals surface area contributed by atoms with Crippen molar-refractivity contribution in [3.8, 4) is 11.5 Å². The van der Waals surface area contributed by atoms with Gasteiger partial charge in [0.05, 0.1) is 88.7 Å². The number of aromatic nitrogens is 2. The fourth-order valence-electron chi connectivity index (χ4n) is 12.1. The van der Waals surface area contributed by atoms with Gasteiger partial charge >= 0.3 is 5.91 Å². The number of hydrogen-bond acceptors (Lipinski definition) is 28. The number of thiazole rings is 2. The van der Waals surface area contributed by atoms with Crippen LogP contribution >= 0.6 is 34.4 Å². The molecule has 0 aliphatic carbocycles. The second-order valence-corrected chi connectivity index (χ2v) is 30.1. The van der Waals surface area contributed by atoms with Crippen LogP contribution in [0.4, 0.5) is 67.4 Å². The maximum atomic E-state index is 14.7. The molecule has 4 aliphatic heterocycles. The summed E-state index contributed by atoms with van der Waals surface area (Å²) >= 11 is 3.75. The first kappa shape index (κ1) is 77.2. The van der Waals surface area contributed by atoms with E-state index >= 15 is 0 Å². The van der Waals surface area contributed by atoms with Gasteiger partial charge in [-0.1, -0.05) is 72.1 Å². The number of ketones is 1. The van der Waals surface area contributed by atoms with Gasteiger partial charge in [0.25, 0.3) is 37.9 Å². The lowest BCUT2D eigenvalue weighted by Crippen LogP contribution is -2.62. The highest BCUT2D eigenvalue weighted by Crippen LogP contribution is 2.47. The fourth-order valence-corrected chi connectivity index (χ4v) is 15.8. The molecular formula is C71H79N16O14S5+. The number of rotatable bonds is 27. The van der Waals surface area contributed by atoms with Gasteiger partial charge in [-0.05, 0) is 113 Å². The van der Waals surface area contributed by atoms with Crippen molar-refractivity contribution in [2.24, 2.45) is 30.4 Å². The number of aliphatic imine (C=N–C) groups is 2. The summed E-state index contributed by atoms with van der Waals surface area (Å²) in [6.07, 6.45) is 3.74. The number of thioether (sulfide) groups is 1. The molecule has 35 heteroatoms. The van der Waals surface area contributed by atoms with Gasteiger partial charge in [-0.25, -0.2) is 14.3 Å². The van der Waals surface area contributed by atoms with E-state index in [2.05, 4.69) is 43.2 Å². The molecule has 0 saturated carbocycles. The number of amides is 3. The SMILES string of the molecule is CCC1=C(Nc2cc(N(CC)CC)c(OC)cc2N=Nc2nc3c(s2)C=C(C(=O)Nc2cccc(S(=O)(=O)O)c2)C(=O)[N+]32CCOCC2)N=C(Nc2cc(N(CC)CC)c(OC)cc2N=Nc2nc(N3CCOCC3)c(C=C(C(C)=O)C(=O)Nc3cccc(S(=O)(=O)O)c3)s2)N=C(SCc2ccccc2)C1. The Morgan fingerprint density at radius 2 is 1.26 bits per heavy atom. The predicted molar refractivity (Wildman–Crippen MR) is 414 cm³/mol. The number of nitrogens with one attached hydrogen (secondary N) is 4. The summed E-state index contributed by atoms with van der Waals surface area (Å²) in [7, 11) is -6.09. The molecule has 2 saturated heterocycles. The van der Waals surface area contributed by atoms with Crippen molar-refractivity contribution in [3.63, 3.8) is 0 Å². The number of nitrogens with zero attached hydrogens (tertiary/aromatic N) is 12. The third kappa shape index (κ3) is 17.9. The predicted octanol–water partition coefficient (Wildman–Crippen LogP) is 13.2. The molecule has 1 spiro atoms. The number of azo groups is 2. The zero-order valence-corrected chi connectivity index (χ0v) is 63.4. The molecule has 0 radical (unpaired) electrons. The smallest absolute Gasteiger partial charge is 0.358 e. The van der Waals surface area contributed by atoms with Crippen LogP contribution in [-0.4, -0.2) is 163 Å². The van der Waals surface area contributed by atoms with Crippen LogP contribution < -0.4 is 49.9 Å². The van der Waals surface area contributed by atoms with Crippen molar-refractivity contribution in [2.45, 2.75) is 69.9 Å². The number of guanidine groups is 1. The van der Waals surface area contributed by atoms with Crippen LogP contribution in [0.2, 0.25) is 0 Å². The number of Topliss-reactive ketones (excluding diaryl/α,β-unsaturated/α-hetero) is 1. The van der Waals surface area contributed by atoms with Crippen LogP contribution in [0, 0.1) is 0 Å². The summed E-state index contributed by atoms with van der Waals surface area (Å²) in [6, 6.07) is 27.4. The molecular weight excluding hydrogens is 1460 g/mol. The molecule has 2 fully saturated rings. The number of hydrogen-bond donors (Lipinski definition) is 6. The Labute approximate surface area is 625 Å². The molecule has 0 bridgehead atoms. The third-order valence-electron chi connectivity index (χ3n) is 17.6. The average molecular weight is 1540 g/mol. The van der Waals surface area contributed by atoms with Gasteiger partial charge in [0.2, 0.25) is 16.2 Å². The lowest BCUT2D eigenvalue weighted by molar-refractivity contribution is -0.132. The zero-order chi connectivity index (χ0) is 75.5. The van der Waals surface area contributed by atoms with Gasteiger partial charge in [-0.3, -0.25) is 23.5 Å². The van der Waals surface area contributed by atoms with Gasteiger partial charge in [0.1, 0.15) is 58.1 Å². The standard InChI is InChI=1S/C71H78N16O14S5/c1-9-45-33-62(102-42-44-19-15-14-16-20-44)76-69(75-53-39-57(85(12-4)13-5)59(99-8)41-55(53)81-82-70-78-64(86-25-29-100-30-26-86)60(103-70)36-50(43(6)88)66(89)72-46-21-17-23-48(34-46)105(92,93)94)77-63(45)74-52-38-56(84(10-2)11-3)58(98-7)40-54(52)80-83-71-79-65-61(104-71)37-51(68(91)87(65)27-31-101-32-28-87)67(90)73-47-22-18-24-49(35-47)106(95,96)97/h14-24,34-41H,9-13,25-33,42H2,1-8H3,(H5-,72,73,74,75,77,78,79,82,83,88,89,90,91,92,93,94,95,96,97)/p+1. The summed E-state index contributed by atoms with van der Waals surface area (Å²) in [4.78, 5) is 82.8. The fraction of sp³-hybridized carbons (Fsp3) is 0.324. The Balaban J connectivity index is 0.995. The lowest BCUT2D eigenvalue weighted by Gasteiger charge is -2.38. The second-order valence-electron chi connectivity index (χ2n) is 24.2. The number of carbonyl (C=O) groups is 4. The minimum atomic E-state index is -4.61. The highest BCUT2D eigenvalue weighted by atomic mass is 32.2. The molecule has 6 heterocycles. The number of quaternary nitrogens is 1. The number of carbonyl (C=O) groups excluding carboxylic acids is 4. The van der Waals surface area contributed by atoms with Gasteiger partial charge in [0, 0.05) is 74.9 Å². The molecule has 4 aliphatic rings. The molecule has 556 valence electrons. The van der Waals surface area contributed by atoms with E-state index in [0.29, 0.717) is 127 Å². The molecule has 30 nitrogen and oxygen atoms in total. The molecule has 0 atom stereocenters. The Kier molecular flexibility index (Phi) is 24.8. The summed E-state index contributed by atoms with van der Waals surface area (Å²) in [6.45, 7) is 16.1. The number of benzene rings is 5. The van der Waals surface area contributed by atoms with E-state index in [9.17, 15) is 45.1 Å². The van der Waals surface area contributed by atoms with Crippen molar-refractivity contribution in [1.82, 2.24) is 14.5 Å². The minimum absolute atomic E-state index is 0.0206. The van der Waals surface area contributed by atoms with Gasteiger partial charge < -0.3 is 54.9 Å². The molecule has 2 aromatic heterocycles. The van der Waals surface area contributed by atoms with E-state index in [1.807, 2.05) is 69.9 Å². The van der Waals surface area contributed by atoms with Crippen LogP contribution in [0.5, 0.6) is 11.5 Å². The normalized spacial score (nSPS) is 15.6. The molecule has 106 heavy (non-hydrogen) atoms. The number of ether oxygens (including phenoxy) is 4. The summed E-state index contributed by atoms with van der Waals surface area (Å²) in [5, 5.41) is 32.7. The average Bonchev–Trinajstić information content (AvgIpc) is 1.50. The van der Waals surface area contributed by atoms with Gasteiger partial charge in [0.15, 0.2) is 5.78 Å². The first-order valence-corrected chi connectivity index (χ1v) is 39.4. The van der Waals surface area contributed by atoms with Gasteiger partial charge in [-0.15, -0.1) is 32.2 Å². The highest BCUT2D eigenvalue weighted by Gasteiger charge is 2.51. The van der Waals surface area contributed by atoms with Crippen molar-refractivity contribution < 1.29 is 64.1 Å². The molecule has 7 aromatic rings. The quantitative estimate of drug-likeness (QED) is 0.00695. The van der Waals surface area contributed by atoms with E-state index in [0.717, 1.165) is 62.4 Å². The molecule has 11 rings (SSSR count). The van der Waals surface area contributed by atoms with Crippen molar-refractivity contribution in [2.75, 3.05) is 129 Å². The first-order chi connectivity index (χ1) is 51.0. The Bertz CT molecular complexity index is 4980. The number of allylic oxidation sites excluding steroid dienone is 1. The van der Waals surface area contributed by atoms with Crippen LogP contribution in [0.1, 0.15) is 69.7 Å². The van der Waals surface area contributed by atoms with Crippen molar-refractivity contribution in [1.29, 1.82) is 0 Å². The largest absolute Gasteiger partial charge is 0.494 e. The van der Waals surface area contributed by atoms with Crippen molar-refractivity contribution >= 4 is 169 Å². The molecule has 5 aromatic carbocycles. The second kappa shape index (κ2) is 34.1. The van der Waals surface area contributed by atoms with E-state index in [1.54, 1.807) is 38.1 Å². The zero-order valence-electron chi connectivity index (χ0n) is 59.3. The lowest BCUT2D eigenvalue weighted by atomic mass is 10.1. The summed E-state index contributed by atoms with van der Waals surface area (Å²) in [5.41, 5.74) is 4.50. The molecule has 6 N–H and O–H groups in total. The Hall–Kier alpha value is -9.95. The topological polar surface area (TPSA) is 372 Å². The minimum Gasteiger partial charge on any atom is -0.494 e.